The fourth-order valence-corrected chi connectivity index (χ4v) is 3.27. The number of aromatic amines is 1. The largest absolute Gasteiger partial charge is 0.393 e. The number of halogens is 2. The summed E-state index contributed by atoms with van der Waals surface area (Å²) < 4.78 is 26.6. The number of aliphatic hydroxyl groups is 1. The second-order valence-corrected chi connectivity index (χ2v) is 6.41. The van der Waals surface area contributed by atoms with Crippen LogP contribution in [0.5, 0.6) is 0 Å². The topological polar surface area (TPSA) is 90.9 Å². The summed E-state index contributed by atoms with van der Waals surface area (Å²) in [6, 6.07) is 3.21. The molecule has 1 aromatic carbocycles. The summed E-state index contributed by atoms with van der Waals surface area (Å²) in [5, 5.41) is 19.5. The van der Waals surface area contributed by atoms with Gasteiger partial charge in [-0.15, -0.1) is 0 Å². The van der Waals surface area contributed by atoms with Gasteiger partial charge in [-0.2, -0.15) is 5.10 Å². The smallest absolute Gasteiger partial charge is 0.220 e. The second-order valence-electron chi connectivity index (χ2n) is 6.41. The van der Waals surface area contributed by atoms with Gasteiger partial charge in [-0.3, -0.25) is 9.89 Å². The molecular weight excluding hydrogens is 330 g/mol. The van der Waals surface area contributed by atoms with Gasteiger partial charge in [-0.1, -0.05) is 0 Å². The van der Waals surface area contributed by atoms with Crippen molar-refractivity contribution in [3.8, 4) is 0 Å². The average Bonchev–Trinajstić information content (AvgIpc) is 3.23. The van der Waals surface area contributed by atoms with Crippen molar-refractivity contribution in [2.75, 3.05) is 6.54 Å². The number of aromatic nitrogens is 3. The fraction of sp³-hybridized carbons (Fsp3) is 0.471. The number of hydrogen-bond donors (Lipinski definition) is 3. The van der Waals surface area contributed by atoms with E-state index in [0.29, 0.717) is 19.4 Å². The lowest BCUT2D eigenvalue weighted by Gasteiger charge is -2.15. The van der Waals surface area contributed by atoms with Gasteiger partial charge in [0.25, 0.3) is 0 Å². The monoisotopic (exact) mass is 350 g/mol. The Morgan fingerprint density at radius 2 is 2.20 bits per heavy atom. The van der Waals surface area contributed by atoms with Gasteiger partial charge in [0.15, 0.2) is 0 Å². The molecule has 1 unspecified atom stereocenters. The number of rotatable bonds is 6. The number of amides is 1. The fourth-order valence-electron chi connectivity index (χ4n) is 3.27. The van der Waals surface area contributed by atoms with Crippen LogP contribution in [0.2, 0.25) is 0 Å². The van der Waals surface area contributed by atoms with Crippen LogP contribution in [0.4, 0.5) is 8.78 Å². The molecule has 0 saturated heterocycles. The normalized spacial score (nSPS) is 22.9. The van der Waals surface area contributed by atoms with E-state index in [1.807, 2.05) is 0 Å². The van der Waals surface area contributed by atoms with Gasteiger partial charge >= 0.3 is 0 Å². The number of nitrogens with zero attached hydrogens (tertiary/aromatic N) is 2. The Labute approximate surface area is 143 Å². The molecule has 1 amide bonds. The maximum atomic E-state index is 13.5. The van der Waals surface area contributed by atoms with Crippen molar-refractivity contribution in [3.05, 3.63) is 47.5 Å². The van der Waals surface area contributed by atoms with E-state index in [-0.39, 0.29) is 36.1 Å². The lowest BCUT2D eigenvalue weighted by molar-refractivity contribution is -0.121. The van der Waals surface area contributed by atoms with Crippen LogP contribution in [0.25, 0.3) is 0 Å². The van der Waals surface area contributed by atoms with Gasteiger partial charge in [0.1, 0.15) is 23.8 Å². The molecule has 1 aliphatic carbocycles. The molecule has 1 heterocycles. The maximum absolute atomic E-state index is 13.5. The van der Waals surface area contributed by atoms with E-state index in [4.69, 9.17) is 0 Å². The first-order valence-electron chi connectivity index (χ1n) is 8.27. The van der Waals surface area contributed by atoms with Crippen LogP contribution in [0, 0.1) is 17.6 Å². The van der Waals surface area contributed by atoms with E-state index >= 15 is 0 Å². The van der Waals surface area contributed by atoms with Crippen molar-refractivity contribution in [2.45, 2.75) is 37.7 Å². The van der Waals surface area contributed by atoms with Crippen LogP contribution < -0.4 is 5.32 Å². The van der Waals surface area contributed by atoms with Crippen molar-refractivity contribution >= 4 is 5.91 Å². The van der Waals surface area contributed by atoms with Crippen LogP contribution in [0.1, 0.15) is 36.6 Å². The highest BCUT2D eigenvalue weighted by Crippen LogP contribution is 2.36. The molecule has 1 aromatic heterocycles. The van der Waals surface area contributed by atoms with Crippen LogP contribution in [0.15, 0.2) is 24.5 Å². The molecule has 1 aliphatic rings. The summed E-state index contributed by atoms with van der Waals surface area (Å²) in [4.78, 5) is 16.1. The molecule has 134 valence electrons. The molecule has 2 aromatic rings. The Kier molecular flexibility index (Phi) is 5.37. The number of carbonyl (C=O) groups is 1. The zero-order valence-corrected chi connectivity index (χ0v) is 13.6. The lowest BCUT2D eigenvalue weighted by Crippen LogP contribution is -2.32. The maximum Gasteiger partial charge on any atom is 0.220 e. The summed E-state index contributed by atoms with van der Waals surface area (Å²) >= 11 is 0. The van der Waals surface area contributed by atoms with Crippen LogP contribution in [-0.2, 0) is 11.2 Å². The first-order valence-corrected chi connectivity index (χ1v) is 8.27. The Bertz CT molecular complexity index is 723. The number of benzene rings is 1. The van der Waals surface area contributed by atoms with Crippen molar-refractivity contribution in [3.63, 3.8) is 0 Å². The molecule has 0 spiro atoms. The number of carbonyl (C=O) groups excluding carboxylic acids is 1. The Morgan fingerprint density at radius 1 is 1.36 bits per heavy atom. The molecule has 1 saturated carbocycles. The second kappa shape index (κ2) is 7.69. The first-order chi connectivity index (χ1) is 12.0. The molecule has 1 fully saturated rings. The summed E-state index contributed by atoms with van der Waals surface area (Å²) in [6.07, 6.45) is 2.39. The van der Waals surface area contributed by atoms with Crippen molar-refractivity contribution in [1.82, 2.24) is 20.5 Å². The third kappa shape index (κ3) is 4.39. The number of nitrogens with one attached hydrogen (secondary N) is 2. The highest BCUT2D eigenvalue weighted by Gasteiger charge is 2.35. The minimum Gasteiger partial charge on any atom is -0.393 e. The van der Waals surface area contributed by atoms with Gasteiger partial charge in [-0.25, -0.2) is 13.8 Å². The highest BCUT2D eigenvalue weighted by molar-refractivity contribution is 5.76. The molecule has 3 atom stereocenters. The van der Waals surface area contributed by atoms with Gasteiger partial charge in [0.2, 0.25) is 5.91 Å². The standard InChI is InChI=1S/C17H20F2N4O2/c18-13-2-3-14(19)10(6-13)1-4-16(25)20-8-12-5-11(7-15(12)24)17-21-9-22-23-17/h2-3,6,9,11-12,15,24H,1,4-5,7-8H2,(H,20,25)(H,21,22,23)/t11?,12-,15-/m1/s1. The molecule has 3 rings (SSSR count). The molecule has 0 bridgehead atoms. The summed E-state index contributed by atoms with van der Waals surface area (Å²) in [6.45, 7) is 0.344. The molecule has 25 heavy (non-hydrogen) atoms. The van der Waals surface area contributed by atoms with Crippen LogP contribution in [-0.4, -0.2) is 38.8 Å². The lowest BCUT2D eigenvalue weighted by atomic mass is 10.0. The Balaban J connectivity index is 1.45. The Morgan fingerprint density at radius 3 is 2.96 bits per heavy atom. The van der Waals surface area contributed by atoms with Gasteiger partial charge < -0.3 is 10.4 Å². The van der Waals surface area contributed by atoms with Crippen molar-refractivity contribution < 1.29 is 18.7 Å². The first kappa shape index (κ1) is 17.5. The van der Waals surface area contributed by atoms with E-state index in [1.165, 1.54) is 6.33 Å². The SMILES string of the molecule is O=C(CCc1cc(F)ccc1F)NC[C@H]1CC(c2ncn[nH]2)C[C@H]1O. The summed E-state index contributed by atoms with van der Waals surface area (Å²) in [5.41, 5.74) is 0.182. The van der Waals surface area contributed by atoms with Gasteiger partial charge in [-0.05, 0) is 43.0 Å². The average molecular weight is 350 g/mol. The predicted molar refractivity (Wildman–Crippen MR) is 85.5 cm³/mol. The van der Waals surface area contributed by atoms with E-state index in [9.17, 15) is 18.7 Å². The molecule has 0 aliphatic heterocycles. The minimum atomic E-state index is -0.524. The van der Waals surface area contributed by atoms with Crippen molar-refractivity contribution in [1.29, 1.82) is 0 Å². The van der Waals surface area contributed by atoms with Crippen LogP contribution >= 0.6 is 0 Å². The molecule has 8 heteroatoms. The van der Waals surface area contributed by atoms with Gasteiger partial charge in [0.05, 0.1) is 6.10 Å². The number of H-pyrrole nitrogens is 1. The number of aliphatic hydroxyl groups excluding tert-OH is 1. The molecule has 6 nitrogen and oxygen atoms in total. The van der Waals surface area contributed by atoms with Crippen molar-refractivity contribution in [2.24, 2.45) is 5.92 Å². The van der Waals surface area contributed by atoms with E-state index in [1.54, 1.807) is 0 Å². The summed E-state index contributed by atoms with van der Waals surface area (Å²) in [7, 11) is 0. The van der Waals surface area contributed by atoms with Crippen LogP contribution in [0.3, 0.4) is 0 Å². The third-order valence-electron chi connectivity index (χ3n) is 4.67. The Hall–Kier alpha value is -2.35. The third-order valence-corrected chi connectivity index (χ3v) is 4.67. The van der Waals surface area contributed by atoms with E-state index in [0.717, 1.165) is 24.0 Å². The predicted octanol–water partition coefficient (Wildman–Crippen LogP) is 1.69. The number of aryl methyl sites for hydroxylation is 1. The van der Waals surface area contributed by atoms with E-state index in [2.05, 4.69) is 20.5 Å². The summed E-state index contributed by atoms with van der Waals surface area (Å²) in [5.74, 6) is -0.515. The quantitative estimate of drug-likeness (QED) is 0.739. The molecule has 3 N–H and O–H groups in total. The van der Waals surface area contributed by atoms with E-state index < -0.39 is 17.7 Å². The minimum absolute atomic E-state index is 0.0642. The molecule has 0 radical (unpaired) electrons. The zero-order valence-electron chi connectivity index (χ0n) is 13.6. The molecular formula is C17H20F2N4O2. The highest BCUT2D eigenvalue weighted by atomic mass is 19.1. The van der Waals surface area contributed by atoms with Gasteiger partial charge in [0, 0.05) is 24.8 Å². The zero-order chi connectivity index (χ0) is 17.8. The number of hydrogen-bond acceptors (Lipinski definition) is 4.